The number of carboxylic acid groups (broad SMARTS) is 1. The molecule has 0 aromatic rings. The number of nitrogens with zero attached hydrogens (tertiary/aromatic N) is 1. The summed E-state index contributed by atoms with van der Waals surface area (Å²) < 4.78 is 0. The number of hydrogen-bond acceptors (Lipinski definition) is 3. The van der Waals surface area contributed by atoms with E-state index in [9.17, 15) is 9.59 Å². The normalized spacial score (nSPS) is 33.7. The number of rotatable bonds is 2. The number of nitrogens with one attached hydrogen (secondary N) is 1. The van der Waals surface area contributed by atoms with Crippen LogP contribution in [0.3, 0.4) is 0 Å². The standard InChI is InChI=1S/C12H20N2O3/c1-12(5-3-6-13-12)11(17)14-7-2-4-9(8-14)10(15)16/h9,13H,2-8H2,1H3,(H,15,16). The monoisotopic (exact) mass is 240 g/mol. The zero-order valence-electron chi connectivity index (χ0n) is 10.2. The van der Waals surface area contributed by atoms with Crippen molar-refractivity contribution in [1.29, 1.82) is 0 Å². The lowest BCUT2D eigenvalue weighted by atomic mass is 9.93. The molecular weight excluding hydrogens is 220 g/mol. The van der Waals surface area contributed by atoms with Crippen LogP contribution in [0, 0.1) is 5.92 Å². The summed E-state index contributed by atoms with van der Waals surface area (Å²) in [5.41, 5.74) is -0.472. The Morgan fingerprint density at radius 1 is 1.41 bits per heavy atom. The third-order valence-electron chi connectivity index (χ3n) is 3.90. The maximum absolute atomic E-state index is 12.4. The van der Waals surface area contributed by atoms with Crippen LogP contribution >= 0.6 is 0 Å². The summed E-state index contributed by atoms with van der Waals surface area (Å²) in [6.07, 6.45) is 3.33. The Balaban J connectivity index is 2.01. The van der Waals surface area contributed by atoms with Crippen molar-refractivity contribution < 1.29 is 14.7 Å². The first-order valence-corrected chi connectivity index (χ1v) is 6.30. The Hall–Kier alpha value is -1.10. The number of carboxylic acids is 1. The molecule has 0 aliphatic carbocycles. The van der Waals surface area contributed by atoms with Gasteiger partial charge in [-0.05, 0) is 39.2 Å². The van der Waals surface area contributed by atoms with Crippen molar-refractivity contribution in [2.45, 2.75) is 38.1 Å². The van der Waals surface area contributed by atoms with Crippen LogP contribution < -0.4 is 5.32 Å². The molecule has 2 atom stereocenters. The molecule has 0 aromatic carbocycles. The highest BCUT2D eigenvalue weighted by molar-refractivity contribution is 5.87. The molecule has 2 saturated heterocycles. The number of carbonyl (C=O) groups excluding carboxylic acids is 1. The third kappa shape index (κ3) is 2.44. The van der Waals surface area contributed by atoms with Crippen LogP contribution in [0.25, 0.3) is 0 Å². The average Bonchev–Trinajstić information content (AvgIpc) is 2.76. The second kappa shape index (κ2) is 4.64. The maximum atomic E-state index is 12.4. The number of piperidine rings is 1. The van der Waals surface area contributed by atoms with Crippen LogP contribution in [0.4, 0.5) is 0 Å². The Morgan fingerprint density at radius 3 is 2.76 bits per heavy atom. The first-order valence-electron chi connectivity index (χ1n) is 6.30. The molecule has 2 fully saturated rings. The van der Waals surface area contributed by atoms with Crippen LogP contribution in [-0.4, -0.2) is 47.1 Å². The number of hydrogen-bond donors (Lipinski definition) is 2. The maximum Gasteiger partial charge on any atom is 0.308 e. The van der Waals surface area contributed by atoms with E-state index in [1.54, 1.807) is 4.90 Å². The van der Waals surface area contributed by atoms with Crippen molar-refractivity contribution in [2.75, 3.05) is 19.6 Å². The van der Waals surface area contributed by atoms with Gasteiger partial charge in [-0.25, -0.2) is 0 Å². The van der Waals surface area contributed by atoms with Gasteiger partial charge >= 0.3 is 5.97 Å². The number of likely N-dealkylation sites (tertiary alicyclic amines) is 1. The third-order valence-corrected chi connectivity index (χ3v) is 3.90. The van der Waals surface area contributed by atoms with E-state index in [1.165, 1.54) is 0 Å². The van der Waals surface area contributed by atoms with E-state index in [4.69, 9.17) is 5.11 Å². The van der Waals surface area contributed by atoms with Crippen LogP contribution in [0.15, 0.2) is 0 Å². The van der Waals surface area contributed by atoms with Gasteiger partial charge in [0.2, 0.25) is 5.91 Å². The second-order valence-electron chi connectivity index (χ2n) is 5.29. The molecule has 0 bridgehead atoms. The fourth-order valence-corrected chi connectivity index (χ4v) is 2.79. The van der Waals surface area contributed by atoms with Gasteiger partial charge in [0.15, 0.2) is 0 Å². The Labute approximate surface area is 101 Å². The Morgan fingerprint density at radius 2 is 2.18 bits per heavy atom. The molecule has 0 aromatic heterocycles. The zero-order valence-corrected chi connectivity index (χ0v) is 10.2. The summed E-state index contributed by atoms with van der Waals surface area (Å²) >= 11 is 0. The number of amides is 1. The average molecular weight is 240 g/mol. The number of carbonyl (C=O) groups is 2. The minimum Gasteiger partial charge on any atom is -0.481 e. The van der Waals surface area contributed by atoms with Crippen molar-refractivity contribution >= 4 is 11.9 Å². The minimum atomic E-state index is -0.785. The van der Waals surface area contributed by atoms with Crippen LogP contribution in [0.1, 0.15) is 32.6 Å². The van der Waals surface area contributed by atoms with Crippen LogP contribution in [0.2, 0.25) is 0 Å². The first-order chi connectivity index (χ1) is 8.03. The van der Waals surface area contributed by atoms with Crippen LogP contribution in [0.5, 0.6) is 0 Å². The van der Waals surface area contributed by atoms with Gasteiger partial charge in [-0.3, -0.25) is 9.59 Å². The predicted octanol–water partition coefficient (Wildman–Crippen LogP) is 0.452. The van der Waals surface area contributed by atoms with Crippen molar-refractivity contribution in [1.82, 2.24) is 10.2 Å². The lowest BCUT2D eigenvalue weighted by Gasteiger charge is -2.36. The molecule has 5 nitrogen and oxygen atoms in total. The molecule has 0 spiro atoms. The van der Waals surface area contributed by atoms with Crippen molar-refractivity contribution in [3.63, 3.8) is 0 Å². The van der Waals surface area contributed by atoms with Gasteiger partial charge in [0.25, 0.3) is 0 Å². The summed E-state index contributed by atoms with van der Waals surface area (Å²) in [5.74, 6) is -1.11. The molecule has 0 radical (unpaired) electrons. The van der Waals surface area contributed by atoms with Crippen molar-refractivity contribution in [3.05, 3.63) is 0 Å². The zero-order chi connectivity index (χ0) is 12.5. The predicted molar refractivity (Wildman–Crippen MR) is 62.6 cm³/mol. The first kappa shape index (κ1) is 12.4. The van der Waals surface area contributed by atoms with Gasteiger partial charge in [-0.1, -0.05) is 0 Å². The van der Waals surface area contributed by atoms with Crippen LogP contribution in [-0.2, 0) is 9.59 Å². The van der Waals surface area contributed by atoms with Crippen molar-refractivity contribution in [3.8, 4) is 0 Å². The molecule has 2 aliphatic rings. The van der Waals surface area contributed by atoms with Gasteiger partial charge in [0, 0.05) is 13.1 Å². The molecule has 17 heavy (non-hydrogen) atoms. The van der Waals surface area contributed by atoms with Gasteiger partial charge < -0.3 is 15.3 Å². The topological polar surface area (TPSA) is 69.6 Å². The molecule has 2 unspecified atom stereocenters. The van der Waals surface area contributed by atoms with Crippen molar-refractivity contribution in [2.24, 2.45) is 5.92 Å². The number of aliphatic carboxylic acids is 1. The summed E-state index contributed by atoms with van der Waals surface area (Å²) in [6, 6.07) is 0. The lowest BCUT2D eigenvalue weighted by Crippen LogP contribution is -2.55. The summed E-state index contributed by atoms with van der Waals surface area (Å²) in [5, 5.41) is 12.2. The van der Waals surface area contributed by atoms with E-state index in [0.717, 1.165) is 25.8 Å². The van der Waals surface area contributed by atoms with E-state index in [1.807, 2.05) is 6.92 Å². The molecule has 2 heterocycles. The highest BCUT2D eigenvalue weighted by Crippen LogP contribution is 2.25. The second-order valence-corrected chi connectivity index (χ2v) is 5.29. The molecule has 2 aliphatic heterocycles. The Kier molecular flexibility index (Phi) is 3.38. The largest absolute Gasteiger partial charge is 0.481 e. The molecule has 2 rings (SSSR count). The summed E-state index contributed by atoms with van der Waals surface area (Å²) in [4.78, 5) is 25.1. The lowest BCUT2D eigenvalue weighted by molar-refractivity contribution is -0.147. The van der Waals surface area contributed by atoms with E-state index in [-0.39, 0.29) is 5.91 Å². The van der Waals surface area contributed by atoms with Gasteiger partial charge in [-0.15, -0.1) is 0 Å². The van der Waals surface area contributed by atoms with Gasteiger partial charge in [0.05, 0.1) is 11.5 Å². The molecule has 96 valence electrons. The molecule has 1 amide bonds. The fraction of sp³-hybridized carbons (Fsp3) is 0.833. The van der Waals surface area contributed by atoms with E-state index in [2.05, 4.69) is 5.32 Å². The summed E-state index contributed by atoms with van der Waals surface area (Å²) in [7, 11) is 0. The van der Waals surface area contributed by atoms with Gasteiger partial charge in [-0.2, -0.15) is 0 Å². The van der Waals surface area contributed by atoms with E-state index in [0.29, 0.717) is 19.5 Å². The van der Waals surface area contributed by atoms with E-state index < -0.39 is 17.4 Å². The SMILES string of the molecule is CC1(C(=O)N2CCCC(C(=O)O)C2)CCCN1. The van der Waals surface area contributed by atoms with Gasteiger partial charge in [0.1, 0.15) is 0 Å². The summed E-state index contributed by atoms with van der Waals surface area (Å²) in [6.45, 7) is 3.86. The quantitative estimate of drug-likeness (QED) is 0.735. The fourth-order valence-electron chi connectivity index (χ4n) is 2.79. The highest BCUT2D eigenvalue weighted by Gasteiger charge is 2.40. The van der Waals surface area contributed by atoms with E-state index >= 15 is 0 Å². The molecule has 0 saturated carbocycles. The molecular formula is C12H20N2O3. The minimum absolute atomic E-state index is 0.0703. The molecule has 5 heteroatoms. The molecule has 2 N–H and O–H groups in total. The smallest absolute Gasteiger partial charge is 0.308 e. The highest BCUT2D eigenvalue weighted by atomic mass is 16.4. The Bertz CT molecular complexity index is 324.